The van der Waals surface area contributed by atoms with Gasteiger partial charge in [-0.2, -0.15) is 0 Å². The number of thiazole rings is 1. The number of nitrogens with one attached hydrogen (secondary N) is 1. The number of hydrogen-bond acceptors (Lipinski definition) is 7. The van der Waals surface area contributed by atoms with E-state index in [0.29, 0.717) is 29.3 Å². The normalized spacial score (nSPS) is 11.1. The molecular formula is C21H22N2O5S2. The lowest BCUT2D eigenvalue weighted by molar-refractivity contribution is 0.0468. The molecule has 0 saturated carbocycles. The number of benzene rings is 2. The van der Waals surface area contributed by atoms with Crippen LogP contribution in [-0.4, -0.2) is 26.0 Å². The molecule has 0 atom stereocenters. The van der Waals surface area contributed by atoms with E-state index in [1.54, 1.807) is 12.1 Å². The molecule has 1 aromatic heterocycles. The number of hydrogen-bond donors (Lipinski definition) is 1. The van der Waals surface area contributed by atoms with Crippen molar-refractivity contribution in [1.29, 1.82) is 0 Å². The summed E-state index contributed by atoms with van der Waals surface area (Å²) in [6, 6.07) is 12.2. The minimum atomic E-state index is -3.75. The van der Waals surface area contributed by atoms with E-state index in [0.717, 1.165) is 11.4 Å². The highest BCUT2D eigenvalue weighted by atomic mass is 32.2. The van der Waals surface area contributed by atoms with Gasteiger partial charge >= 0.3 is 5.97 Å². The van der Waals surface area contributed by atoms with Gasteiger partial charge in [-0.05, 0) is 61.9 Å². The number of sulfonamides is 1. The van der Waals surface area contributed by atoms with Crippen LogP contribution in [0.2, 0.25) is 0 Å². The molecule has 9 heteroatoms. The molecule has 2 aromatic carbocycles. The highest BCUT2D eigenvalue weighted by Crippen LogP contribution is 2.20. The average Bonchev–Trinajstić information content (AvgIpc) is 3.21. The summed E-state index contributed by atoms with van der Waals surface area (Å²) in [5, 5.41) is 2.86. The third kappa shape index (κ3) is 5.58. The maximum Gasteiger partial charge on any atom is 0.338 e. The Morgan fingerprint density at radius 2 is 1.77 bits per heavy atom. The topological polar surface area (TPSA) is 94.6 Å². The van der Waals surface area contributed by atoms with E-state index in [-0.39, 0.29) is 11.5 Å². The summed E-state index contributed by atoms with van der Waals surface area (Å²) in [4.78, 5) is 16.7. The van der Waals surface area contributed by atoms with Gasteiger partial charge in [-0.1, -0.05) is 6.92 Å². The average molecular weight is 447 g/mol. The monoisotopic (exact) mass is 446 g/mol. The van der Waals surface area contributed by atoms with Crippen molar-refractivity contribution in [2.24, 2.45) is 0 Å². The fourth-order valence-electron chi connectivity index (χ4n) is 2.57. The fraction of sp³-hybridized carbons (Fsp3) is 0.238. The lowest BCUT2D eigenvalue weighted by Gasteiger charge is -2.10. The molecule has 0 aliphatic rings. The predicted molar refractivity (Wildman–Crippen MR) is 115 cm³/mol. The first-order chi connectivity index (χ1) is 14.4. The predicted octanol–water partition coefficient (Wildman–Crippen LogP) is 4.26. The Hall–Kier alpha value is -2.91. The quantitative estimate of drug-likeness (QED) is 0.494. The molecule has 0 radical (unpaired) electrons. The number of esters is 1. The van der Waals surface area contributed by atoms with Gasteiger partial charge in [-0.15, -0.1) is 11.3 Å². The highest BCUT2D eigenvalue weighted by Gasteiger charge is 2.15. The van der Waals surface area contributed by atoms with E-state index in [1.165, 1.54) is 47.7 Å². The van der Waals surface area contributed by atoms with Gasteiger partial charge in [0.05, 0.1) is 27.8 Å². The van der Waals surface area contributed by atoms with Crippen LogP contribution in [0.25, 0.3) is 0 Å². The van der Waals surface area contributed by atoms with Gasteiger partial charge in [0.25, 0.3) is 10.0 Å². The summed E-state index contributed by atoms with van der Waals surface area (Å²) in [5.41, 5.74) is 1.38. The van der Waals surface area contributed by atoms with Crippen LogP contribution >= 0.6 is 11.3 Å². The van der Waals surface area contributed by atoms with E-state index >= 15 is 0 Å². The second-order valence-corrected chi connectivity index (χ2v) is 8.87. The first-order valence-corrected chi connectivity index (χ1v) is 11.7. The van der Waals surface area contributed by atoms with Crippen molar-refractivity contribution < 1.29 is 22.7 Å². The van der Waals surface area contributed by atoms with Crippen molar-refractivity contribution in [2.45, 2.75) is 31.8 Å². The second-order valence-electron chi connectivity index (χ2n) is 6.25. The van der Waals surface area contributed by atoms with Crippen molar-refractivity contribution in [2.75, 3.05) is 11.3 Å². The van der Waals surface area contributed by atoms with E-state index in [9.17, 15) is 13.2 Å². The van der Waals surface area contributed by atoms with Gasteiger partial charge in [-0.3, -0.25) is 4.72 Å². The Labute approximate surface area is 179 Å². The van der Waals surface area contributed by atoms with Gasteiger partial charge in [0.15, 0.2) is 0 Å². The lowest BCUT2D eigenvalue weighted by Crippen LogP contribution is -2.13. The Kier molecular flexibility index (Phi) is 7.07. The molecule has 0 amide bonds. The van der Waals surface area contributed by atoms with Crippen molar-refractivity contribution in [3.05, 3.63) is 70.2 Å². The molecule has 0 unspecified atom stereocenters. The molecule has 0 saturated heterocycles. The Morgan fingerprint density at radius 1 is 1.07 bits per heavy atom. The van der Waals surface area contributed by atoms with E-state index < -0.39 is 16.0 Å². The van der Waals surface area contributed by atoms with Crippen molar-refractivity contribution >= 4 is 33.0 Å². The van der Waals surface area contributed by atoms with E-state index in [1.807, 2.05) is 19.2 Å². The van der Waals surface area contributed by atoms with Crippen LogP contribution < -0.4 is 9.46 Å². The standard InChI is InChI=1S/C21H22N2O5S2/c1-3-20-22-17(14-29-20)13-28-21(24)15-5-7-16(8-6-15)23-30(25,26)19-11-9-18(10-12-19)27-4-2/h5-12,14,23H,3-4,13H2,1-2H3. The molecule has 1 heterocycles. The van der Waals surface area contributed by atoms with Crippen LogP contribution in [0.3, 0.4) is 0 Å². The molecule has 3 aromatic rings. The van der Waals surface area contributed by atoms with Crippen LogP contribution in [0, 0.1) is 0 Å². The smallest absolute Gasteiger partial charge is 0.338 e. The first kappa shape index (κ1) is 21.8. The molecule has 7 nitrogen and oxygen atoms in total. The zero-order chi connectivity index (χ0) is 21.6. The first-order valence-electron chi connectivity index (χ1n) is 9.37. The number of rotatable bonds is 9. The number of carbonyl (C=O) groups excluding carboxylic acids is 1. The maximum absolute atomic E-state index is 12.5. The van der Waals surface area contributed by atoms with Crippen LogP contribution in [-0.2, 0) is 27.8 Å². The van der Waals surface area contributed by atoms with Crippen molar-refractivity contribution in [3.63, 3.8) is 0 Å². The molecule has 0 bridgehead atoms. The fourth-order valence-corrected chi connectivity index (χ4v) is 4.36. The second kappa shape index (κ2) is 9.73. The minimum Gasteiger partial charge on any atom is -0.494 e. The van der Waals surface area contributed by atoms with Gasteiger partial charge in [0.1, 0.15) is 12.4 Å². The molecule has 158 valence electrons. The van der Waals surface area contributed by atoms with Crippen LogP contribution in [0.5, 0.6) is 5.75 Å². The highest BCUT2D eigenvalue weighted by molar-refractivity contribution is 7.92. The molecule has 1 N–H and O–H groups in total. The zero-order valence-electron chi connectivity index (χ0n) is 16.6. The number of aryl methyl sites for hydroxylation is 1. The molecule has 0 aliphatic heterocycles. The third-order valence-electron chi connectivity index (χ3n) is 4.07. The maximum atomic E-state index is 12.5. The van der Waals surface area contributed by atoms with Gasteiger partial charge in [-0.25, -0.2) is 18.2 Å². The molecule has 0 spiro atoms. The van der Waals surface area contributed by atoms with Crippen LogP contribution in [0.1, 0.15) is 34.9 Å². The summed E-state index contributed by atoms with van der Waals surface area (Å²) in [5.74, 6) is 0.102. The molecule has 3 rings (SSSR count). The van der Waals surface area contributed by atoms with Gasteiger partial charge in [0, 0.05) is 11.1 Å². The Bertz CT molecular complexity index is 1090. The van der Waals surface area contributed by atoms with Gasteiger partial charge in [0.2, 0.25) is 0 Å². The summed E-state index contributed by atoms with van der Waals surface area (Å²) in [6.07, 6.45) is 0.840. The van der Waals surface area contributed by atoms with Crippen LogP contribution in [0.15, 0.2) is 58.8 Å². The number of carbonyl (C=O) groups is 1. The van der Waals surface area contributed by atoms with Crippen LogP contribution in [0.4, 0.5) is 5.69 Å². The molecule has 30 heavy (non-hydrogen) atoms. The van der Waals surface area contributed by atoms with Gasteiger partial charge < -0.3 is 9.47 Å². The van der Waals surface area contributed by atoms with Crippen molar-refractivity contribution in [1.82, 2.24) is 4.98 Å². The molecule has 0 aliphatic carbocycles. The minimum absolute atomic E-state index is 0.0987. The molecule has 0 fully saturated rings. The van der Waals surface area contributed by atoms with E-state index in [4.69, 9.17) is 9.47 Å². The summed E-state index contributed by atoms with van der Waals surface area (Å²) < 4.78 is 38.1. The summed E-state index contributed by atoms with van der Waals surface area (Å²) in [7, 11) is -3.75. The Morgan fingerprint density at radius 3 is 2.37 bits per heavy atom. The summed E-state index contributed by atoms with van der Waals surface area (Å²) >= 11 is 1.53. The third-order valence-corrected chi connectivity index (χ3v) is 6.51. The number of nitrogens with zero attached hydrogens (tertiary/aromatic N) is 1. The number of aromatic nitrogens is 1. The largest absolute Gasteiger partial charge is 0.494 e. The molecular weight excluding hydrogens is 424 g/mol. The SMILES string of the molecule is CCOc1ccc(S(=O)(=O)Nc2ccc(C(=O)OCc3csc(CC)n3)cc2)cc1. The number of anilines is 1. The van der Waals surface area contributed by atoms with E-state index in [2.05, 4.69) is 9.71 Å². The zero-order valence-corrected chi connectivity index (χ0v) is 18.3. The Balaban J connectivity index is 1.60. The lowest BCUT2D eigenvalue weighted by atomic mass is 10.2. The number of ether oxygens (including phenoxy) is 2. The summed E-state index contributed by atoms with van der Waals surface area (Å²) in [6.45, 7) is 4.47. The van der Waals surface area contributed by atoms with Crippen molar-refractivity contribution in [3.8, 4) is 5.75 Å².